The quantitative estimate of drug-likeness (QED) is 0.712. The highest BCUT2D eigenvalue weighted by Crippen LogP contribution is 2.22. The van der Waals surface area contributed by atoms with Crippen molar-refractivity contribution in [2.45, 2.75) is 32.5 Å². The van der Waals surface area contributed by atoms with Gasteiger partial charge in [-0.25, -0.2) is 0 Å². The Labute approximate surface area is 124 Å². The van der Waals surface area contributed by atoms with Gasteiger partial charge in [0.15, 0.2) is 0 Å². The summed E-state index contributed by atoms with van der Waals surface area (Å²) in [4.78, 5) is 13.5. The van der Waals surface area contributed by atoms with E-state index in [1.54, 1.807) is 10.9 Å². The van der Waals surface area contributed by atoms with E-state index in [0.717, 1.165) is 18.5 Å². The first-order valence-electron chi connectivity index (χ1n) is 7.32. The van der Waals surface area contributed by atoms with Gasteiger partial charge in [0.05, 0.1) is 38.5 Å². The van der Waals surface area contributed by atoms with Gasteiger partial charge in [-0.05, 0) is 13.0 Å². The summed E-state index contributed by atoms with van der Waals surface area (Å²) in [5.41, 5.74) is 1.02. The van der Waals surface area contributed by atoms with Crippen LogP contribution in [0.4, 0.5) is 0 Å². The van der Waals surface area contributed by atoms with Gasteiger partial charge in [-0.1, -0.05) is 6.92 Å². The molecule has 0 bridgehead atoms. The second-order valence-electron chi connectivity index (χ2n) is 5.36. The summed E-state index contributed by atoms with van der Waals surface area (Å²) >= 11 is 0. The van der Waals surface area contributed by atoms with Gasteiger partial charge in [0.25, 0.3) is 0 Å². The molecule has 1 aromatic rings. The molecule has 2 N–H and O–H groups in total. The van der Waals surface area contributed by atoms with Crippen LogP contribution < -0.4 is 0 Å². The van der Waals surface area contributed by atoms with Crippen LogP contribution in [-0.4, -0.2) is 63.3 Å². The monoisotopic (exact) mass is 297 g/mol. The van der Waals surface area contributed by atoms with Gasteiger partial charge in [-0.15, -0.1) is 0 Å². The Hall–Kier alpha value is -1.44. The molecule has 0 spiro atoms. The zero-order chi connectivity index (χ0) is 15.2. The van der Waals surface area contributed by atoms with Crippen molar-refractivity contribution in [3.8, 4) is 0 Å². The molecule has 21 heavy (non-hydrogen) atoms. The average molecular weight is 297 g/mol. The fourth-order valence-corrected chi connectivity index (χ4v) is 2.74. The first-order chi connectivity index (χ1) is 10.2. The molecule has 2 atom stereocenters. The lowest BCUT2D eigenvalue weighted by Crippen LogP contribution is -2.43. The number of aromatic nitrogens is 2. The molecule has 7 heteroatoms. The van der Waals surface area contributed by atoms with Crippen LogP contribution in [0.15, 0.2) is 12.4 Å². The number of aliphatic hydroxyl groups is 1. The minimum Gasteiger partial charge on any atom is -0.481 e. The largest absolute Gasteiger partial charge is 0.481 e. The third-order valence-electron chi connectivity index (χ3n) is 3.75. The molecular weight excluding hydrogens is 274 g/mol. The Morgan fingerprint density at radius 3 is 3.05 bits per heavy atom. The number of nitrogens with zero attached hydrogens (tertiary/aromatic N) is 3. The number of rotatable bonds is 8. The molecule has 1 saturated heterocycles. The molecule has 2 heterocycles. The number of aliphatic carboxylic acids is 1. The van der Waals surface area contributed by atoms with Crippen molar-refractivity contribution < 1.29 is 19.7 Å². The summed E-state index contributed by atoms with van der Waals surface area (Å²) in [6.45, 7) is 4.81. The number of hydrogen-bond donors (Lipinski definition) is 2. The van der Waals surface area contributed by atoms with Crippen molar-refractivity contribution in [1.29, 1.82) is 0 Å². The number of aliphatic hydroxyl groups excluding tert-OH is 1. The molecule has 0 aromatic carbocycles. The van der Waals surface area contributed by atoms with Gasteiger partial charge < -0.3 is 14.9 Å². The Kier molecular flexibility index (Phi) is 5.72. The normalized spacial score (nSPS) is 22.0. The van der Waals surface area contributed by atoms with Gasteiger partial charge in [-0.2, -0.15) is 5.10 Å². The molecule has 0 radical (unpaired) electrons. The van der Waals surface area contributed by atoms with Crippen molar-refractivity contribution in [2.75, 3.05) is 26.4 Å². The molecule has 2 rings (SSSR count). The fourth-order valence-electron chi connectivity index (χ4n) is 2.74. The van der Waals surface area contributed by atoms with Gasteiger partial charge in [-0.3, -0.25) is 14.4 Å². The predicted molar refractivity (Wildman–Crippen MR) is 75.7 cm³/mol. The summed E-state index contributed by atoms with van der Waals surface area (Å²) in [6, 6.07) is -0.0939. The summed E-state index contributed by atoms with van der Waals surface area (Å²) in [5, 5.41) is 22.4. The van der Waals surface area contributed by atoms with Crippen molar-refractivity contribution in [1.82, 2.24) is 14.7 Å². The molecule has 1 aliphatic heterocycles. The average Bonchev–Trinajstić information content (AvgIpc) is 3.07. The van der Waals surface area contributed by atoms with E-state index >= 15 is 0 Å². The molecule has 7 nitrogen and oxygen atoms in total. The third kappa shape index (κ3) is 4.03. The van der Waals surface area contributed by atoms with Crippen LogP contribution in [0.2, 0.25) is 0 Å². The smallest absolute Gasteiger partial charge is 0.310 e. The highest BCUT2D eigenvalue weighted by Gasteiger charge is 2.37. The summed E-state index contributed by atoms with van der Waals surface area (Å²) < 4.78 is 7.06. The van der Waals surface area contributed by atoms with Crippen LogP contribution in [-0.2, 0) is 22.6 Å². The van der Waals surface area contributed by atoms with Crippen LogP contribution in [0.25, 0.3) is 0 Å². The Bertz CT molecular complexity index is 463. The highest BCUT2D eigenvalue weighted by molar-refractivity contribution is 5.71. The van der Waals surface area contributed by atoms with Crippen molar-refractivity contribution in [2.24, 2.45) is 5.92 Å². The first kappa shape index (κ1) is 15.9. The van der Waals surface area contributed by atoms with E-state index in [-0.39, 0.29) is 19.3 Å². The van der Waals surface area contributed by atoms with Crippen LogP contribution in [0.3, 0.4) is 0 Å². The number of carboxylic acids is 1. The molecule has 1 aliphatic rings. The number of ether oxygens (including phenoxy) is 1. The summed E-state index contributed by atoms with van der Waals surface area (Å²) in [7, 11) is 0. The Morgan fingerprint density at radius 1 is 1.57 bits per heavy atom. The zero-order valence-electron chi connectivity index (χ0n) is 12.3. The molecule has 118 valence electrons. The topological polar surface area (TPSA) is 87.8 Å². The maximum Gasteiger partial charge on any atom is 0.310 e. The van der Waals surface area contributed by atoms with Gasteiger partial charge in [0.2, 0.25) is 0 Å². The predicted octanol–water partition coefficient (Wildman–Crippen LogP) is 0.187. The minimum absolute atomic E-state index is 0.0529. The lowest BCUT2D eigenvalue weighted by Gasteiger charge is -2.29. The van der Waals surface area contributed by atoms with E-state index in [9.17, 15) is 9.90 Å². The van der Waals surface area contributed by atoms with E-state index < -0.39 is 11.9 Å². The molecule has 0 aliphatic carbocycles. The van der Waals surface area contributed by atoms with E-state index in [4.69, 9.17) is 9.84 Å². The summed E-state index contributed by atoms with van der Waals surface area (Å²) in [6.07, 6.45) is 4.61. The van der Waals surface area contributed by atoms with Crippen molar-refractivity contribution in [3.63, 3.8) is 0 Å². The van der Waals surface area contributed by atoms with Crippen molar-refractivity contribution in [3.05, 3.63) is 18.0 Å². The maximum absolute atomic E-state index is 11.3. The lowest BCUT2D eigenvalue weighted by atomic mass is 10.0. The Morgan fingerprint density at radius 2 is 2.38 bits per heavy atom. The van der Waals surface area contributed by atoms with Crippen molar-refractivity contribution >= 4 is 5.97 Å². The zero-order valence-corrected chi connectivity index (χ0v) is 12.3. The highest BCUT2D eigenvalue weighted by atomic mass is 16.5. The molecule has 0 amide bonds. The maximum atomic E-state index is 11.3. The Balaban J connectivity index is 2.05. The molecular formula is C14H23N3O4. The van der Waals surface area contributed by atoms with E-state index in [1.807, 2.05) is 6.20 Å². The standard InChI is InChI=1S/C14H23N3O4/c1-2-3-16(13-10-21-9-12(13)14(19)20)7-11-6-15-17(8-11)4-5-18/h6,8,12-13,18H,2-5,7,9-10H2,1H3,(H,19,20). The van der Waals surface area contributed by atoms with E-state index in [1.165, 1.54) is 0 Å². The third-order valence-corrected chi connectivity index (χ3v) is 3.75. The van der Waals surface area contributed by atoms with Crippen LogP contribution in [0, 0.1) is 5.92 Å². The van der Waals surface area contributed by atoms with Crippen LogP contribution >= 0.6 is 0 Å². The number of hydrogen-bond acceptors (Lipinski definition) is 5. The first-order valence-corrected chi connectivity index (χ1v) is 7.32. The molecule has 2 unspecified atom stereocenters. The van der Waals surface area contributed by atoms with Gasteiger partial charge >= 0.3 is 5.97 Å². The molecule has 1 fully saturated rings. The SMILES string of the molecule is CCCN(Cc1cnn(CCO)c1)C1COCC1C(=O)O. The van der Waals surface area contributed by atoms with E-state index in [0.29, 0.717) is 19.7 Å². The number of carbonyl (C=O) groups is 1. The van der Waals surface area contributed by atoms with Gasteiger partial charge in [0.1, 0.15) is 0 Å². The second-order valence-corrected chi connectivity index (χ2v) is 5.36. The minimum atomic E-state index is -0.797. The summed E-state index contributed by atoms with van der Waals surface area (Å²) in [5.74, 6) is -1.27. The lowest BCUT2D eigenvalue weighted by molar-refractivity contribution is -0.143. The fraction of sp³-hybridized carbons (Fsp3) is 0.714. The van der Waals surface area contributed by atoms with Gasteiger partial charge in [0, 0.05) is 24.3 Å². The van der Waals surface area contributed by atoms with Crippen LogP contribution in [0.1, 0.15) is 18.9 Å². The molecule has 0 saturated carbocycles. The number of carboxylic acid groups (broad SMARTS) is 1. The second kappa shape index (κ2) is 7.53. The van der Waals surface area contributed by atoms with Crippen LogP contribution in [0.5, 0.6) is 0 Å². The van der Waals surface area contributed by atoms with E-state index in [2.05, 4.69) is 16.9 Å². The molecule has 1 aromatic heterocycles.